The molecule has 0 heterocycles. The van der Waals surface area contributed by atoms with Gasteiger partial charge in [0.1, 0.15) is 0 Å². The normalized spacial score (nSPS) is 11.3. The van der Waals surface area contributed by atoms with Crippen molar-refractivity contribution in [2.24, 2.45) is 0 Å². The smallest absolute Gasteiger partial charge is 0.261 e. The summed E-state index contributed by atoms with van der Waals surface area (Å²) in [4.78, 5) is 14.1. The molecule has 0 aliphatic heterocycles. The van der Waals surface area contributed by atoms with Crippen molar-refractivity contribution in [2.75, 3.05) is 31.9 Å². The number of likely N-dealkylation sites (N-methyl/N-ethyl adjacent to an activating group) is 1. The fourth-order valence-electron chi connectivity index (χ4n) is 2.00. The maximum Gasteiger partial charge on any atom is 0.261 e. The molecule has 2 aromatic carbocycles. The van der Waals surface area contributed by atoms with E-state index in [1.165, 1.54) is 12.1 Å². The van der Waals surface area contributed by atoms with E-state index in [1.54, 1.807) is 42.5 Å². The number of amides is 1. The second-order valence-electron chi connectivity index (χ2n) is 5.56. The van der Waals surface area contributed by atoms with Crippen molar-refractivity contribution in [2.45, 2.75) is 4.90 Å². The molecule has 0 fully saturated rings. The van der Waals surface area contributed by atoms with Gasteiger partial charge in [0.25, 0.3) is 15.9 Å². The topological polar surface area (TPSA) is 78.5 Å². The van der Waals surface area contributed by atoms with Gasteiger partial charge in [-0.25, -0.2) is 8.42 Å². The first kappa shape index (κ1) is 18.0. The summed E-state index contributed by atoms with van der Waals surface area (Å²) in [5.74, 6) is -0.186. The highest BCUT2D eigenvalue weighted by Crippen LogP contribution is 2.16. The molecule has 0 bridgehead atoms. The number of hydrogen-bond acceptors (Lipinski definition) is 4. The Morgan fingerprint density at radius 3 is 2.21 bits per heavy atom. The van der Waals surface area contributed by atoms with E-state index in [4.69, 9.17) is 0 Å². The number of benzene rings is 2. The zero-order valence-electron chi connectivity index (χ0n) is 13.7. The monoisotopic (exact) mass is 347 g/mol. The first-order valence-electron chi connectivity index (χ1n) is 7.49. The van der Waals surface area contributed by atoms with Crippen molar-refractivity contribution in [1.29, 1.82) is 0 Å². The van der Waals surface area contributed by atoms with Gasteiger partial charge >= 0.3 is 0 Å². The highest BCUT2D eigenvalue weighted by molar-refractivity contribution is 7.92. The summed E-state index contributed by atoms with van der Waals surface area (Å²) in [5.41, 5.74) is 0.889. The van der Waals surface area contributed by atoms with Crippen LogP contribution in [0.1, 0.15) is 10.4 Å². The van der Waals surface area contributed by atoms with E-state index in [0.29, 0.717) is 17.8 Å². The minimum absolute atomic E-state index is 0.186. The molecule has 2 rings (SSSR count). The first-order valence-corrected chi connectivity index (χ1v) is 8.98. The molecule has 0 aromatic heterocycles. The fraction of sp³-hybridized carbons (Fsp3) is 0.235. The van der Waals surface area contributed by atoms with Crippen molar-refractivity contribution in [3.8, 4) is 0 Å². The lowest BCUT2D eigenvalue weighted by Gasteiger charge is -2.11. The van der Waals surface area contributed by atoms with Crippen LogP contribution < -0.4 is 10.0 Å². The first-order chi connectivity index (χ1) is 11.4. The van der Waals surface area contributed by atoms with Gasteiger partial charge in [-0.15, -0.1) is 0 Å². The van der Waals surface area contributed by atoms with E-state index in [-0.39, 0.29) is 10.8 Å². The molecule has 0 radical (unpaired) electrons. The number of carbonyl (C=O) groups excluding carboxylic acids is 1. The van der Waals surface area contributed by atoms with Gasteiger partial charge < -0.3 is 10.2 Å². The number of anilines is 1. The average Bonchev–Trinajstić information content (AvgIpc) is 2.55. The van der Waals surface area contributed by atoms with E-state index >= 15 is 0 Å². The summed E-state index contributed by atoms with van der Waals surface area (Å²) in [6.07, 6.45) is 0. The van der Waals surface area contributed by atoms with Crippen LogP contribution >= 0.6 is 0 Å². The highest BCUT2D eigenvalue weighted by Gasteiger charge is 2.13. The lowest BCUT2D eigenvalue weighted by atomic mass is 10.2. The molecule has 0 aliphatic rings. The molecule has 0 unspecified atom stereocenters. The molecular formula is C17H21N3O3S. The van der Waals surface area contributed by atoms with Gasteiger partial charge in [-0.05, 0) is 50.5 Å². The third-order valence-corrected chi connectivity index (χ3v) is 4.69. The summed E-state index contributed by atoms with van der Waals surface area (Å²) in [6, 6.07) is 14.4. The second kappa shape index (κ2) is 7.94. The van der Waals surface area contributed by atoms with Crippen LogP contribution in [0.3, 0.4) is 0 Å². The molecule has 2 aromatic rings. The van der Waals surface area contributed by atoms with Crippen LogP contribution in [-0.2, 0) is 10.0 Å². The molecule has 0 saturated carbocycles. The number of sulfonamides is 1. The van der Waals surface area contributed by atoms with Gasteiger partial charge in [-0.3, -0.25) is 9.52 Å². The molecule has 0 saturated heterocycles. The number of hydrogen-bond donors (Lipinski definition) is 2. The third-order valence-electron chi connectivity index (χ3n) is 3.30. The van der Waals surface area contributed by atoms with Crippen LogP contribution in [-0.4, -0.2) is 46.4 Å². The zero-order chi connectivity index (χ0) is 17.6. The van der Waals surface area contributed by atoms with E-state index < -0.39 is 10.0 Å². The lowest BCUT2D eigenvalue weighted by Crippen LogP contribution is -2.31. The predicted molar refractivity (Wildman–Crippen MR) is 94.6 cm³/mol. The third kappa shape index (κ3) is 5.07. The molecule has 128 valence electrons. The SMILES string of the molecule is CN(C)CCNC(=O)c1ccc(NS(=O)(=O)c2ccccc2)cc1. The summed E-state index contributed by atoms with van der Waals surface area (Å²) in [5, 5.41) is 2.80. The Kier molecular flexibility index (Phi) is 5.94. The van der Waals surface area contributed by atoms with Crippen molar-refractivity contribution in [1.82, 2.24) is 10.2 Å². The second-order valence-corrected chi connectivity index (χ2v) is 7.24. The summed E-state index contributed by atoms with van der Waals surface area (Å²) in [6.45, 7) is 1.30. The van der Waals surface area contributed by atoms with Gasteiger partial charge in [0.15, 0.2) is 0 Å². The fourth-order valence-corrected chi connectivity index (χ4v) is 3.08. The molecule has 1 amide bonds. The summed E-state index contributed by atoms with van der Waals surface area (Å²) >= 11 is 0. The Morgan fingerprint density at radius 2 is 1.62 bits per heavy atom. The molecule has 24 heavy (non-hydrogen) atoms. The number of nitrogens with one attached hydrogen (secondary N) is 2. The molecular weight excluding hydrogens is 326 g/mol. The molecule has 0 atom stereocenters. The van der Waals surface area contributed by atoms with Gasteiger partial charge in [0, 0.05) is 24.3 Å². The Morgan fingerprint density at radius 1 is 1.00 bits per heavy atom. The van der Waals surface area contributed by atoms with Crippen molar-refractivity contribution in [3.05, 3.63) is 60.2 Å². The van der Waals surface area contributed by atoms with Gasteiger partial charge in [0.05, 0.1) is 4.90 Å². The number of nitrogens with zero attached hydrogens (tertiary/aromatic N) is 1. The largest absolute Gasteiger partial charge is 0.351 e. The Balaban J connectivity index is 2.01. The number of rotatable bonds is 7. The molecule has 0 aliphatic carbocycles. The standard InChI is InChI=1S/C17H21N3O3S/c1-20(2)13-12-18-17(21)14-8-10-15(11-9-14)19-24(22,23)16-6-4-3-5-7-16/h3-11,19H,12-13H2,1-2H3,(H,18,21). The average molecular weight is 347 g/mol. The number of carbonyl (C=O) groups is 1. The van der Waals surface area contributed by atoms with Crippen molar-refractivity contribution in [3.63, 3.8) is 0 Å². The van der Waals surface area contributed by atoms with Gasteiger partial charge in [-0.2, -0.15) is 0 Å². The van der Waals surface area contributed by atoms with E-state index in [1.807, 2.05) is 19.0 Å². The van der Waals surface area contributed by atoms with Crippen molar-refractivity contribution < 1.29 is 13.2 Å². The molecule has 0 spiro atoms. The van der Waals surface area contributed by atoms with E-state index in [0.717, 1.165) is 6.54 Å². The summed E-state index contributed by atoms with van der Waals surface area (Å²) < 4.78 is 27.0. The quantitative estimate of drug-likeness (QED) is 0.800. The Bertz CT molecular complexity index is 772. The molecule has 7 heteroatoms. The maximum absolute atomic E-state index is 12.2. The van der Waals surface area contributed by atoms with E-state index in [9.17, 15) is 13.2 Å². The minimum Gasteiger partial charge on any atom is -0.351 e. The van der Waals surface area contributed by atoms with E-state index in [2.05, 4.69) is 10.0 Å². The van der Waals surface area contributed by atoms with Gasteiger partial charge in [0.2, 0.25) is 0 Å². The van der Waals surface area contributed by atoms with Crippen LogP contribution in [0.15, 0.2) is 59.5 Å². The Hall–Kier alpha value is -2.38. The maximum atomic E-state index is 12.2. The van der Waals surface area contributed by atoms with Crippen molar-refractivity contribution >= 4 is 21.6 Å². The van der Waals surface area contributed by atoms with Crippen LogP contribution in [0.2, 0.25) is 0 Å². The van der Waals surface area contributed by atoms with Gasteiger partial charge in [-0.1, -0.05) is 18.2 Å². The molecule has 2 N–H and O–H groups in total. The lowest BCUT2D eigenvalue weighted by molar-refractivity contribution is 0.0951. The van der Waals surface area contributed by atoms with Crippen LogP contribution in [0.25, 0.3) is 0 Å². The summed E-state index contributed by atoms with van der Waals surface area (Å²) in [7, 11) is 0.234. The van der Waals surface area contributed by atoms with Crippen LogP contribution in [0.5, 0.6) is 0 Å². The van der Waals surface area contributed by atoms with Crippen LogP contribution in [0.4, 0.5) is 5.69 Å². The van der Waals surface area contributed by atoms with Crippen LogP contribution in [0, 0.1) is 0 Å². The predicted octanol–water partition coefficient (Wildman–Crippen LogP) is 1.78. The highest BCUT2D eigenvalue weighted by atomic mass is 32.2. The minimum atomic E-state index is -3.63. The zero-order valence-corrected chi connectivity index (χ0v) is 14.5. The molecule has 6 nitrogen and oxygen atoms in total. The Labute approximate surface area is 142 Å².